The zero-order valence-electron chi connectivity index (χ0n) is 14.2. The van der Waals surface area contributed by atoms with Crippen molar-refractivity contribution in [3.8, 4) is 0 Å². The van der Waals surface area contributed by atoms with Gasteiger partial charge < -0.3 is 5.32 Å². The zero-order valence-corrected chi connectivity index (χ0v) is 15.0. The van der Waals surface area contributed by atoms with Crippen LogP contribution in [0.2, 0.25) is 0 Å². The van der Waals surface area contributed by atoms with Gasteiger partial charge in [-0.05, 0) is 50.5 Å². The Morgan fingerprint density at radius 3 is 2.74 bits per heavy atom. The number of anilines is 1. The molecule has 1 atom stereocenters. The number of benzene rings is 1. The molecule has 0 saturated heterocycles. The van der Waals surface area contributed by atoms with Gasteiger partial charge in [0, 0.05) is 5.69 Å². The fraction of sp³-hybridized carbons (Fsp3) is 0.176. The van der Waals surface area contributed by atoms with Crippen molar-refractivity contribution in [1.29, 1.82) is 0 Å². The molecule has 1 N–H and O–H groups in total. The van der Waals surface area contributed by atoms with Gasteiger partial charge in [0.25, 0.3) is 0 Å². The lowest BCUT2D eigenvalue weighted by molar-refractivity contribution is -0.116. The summed E-state index contributed by atoms with van der Waals surface area (Å²) in [7, 11) is 0. The maximum absolute atomic E-state index is 12.5. The summed E-state index contributed by atoms with van der Waals surface area (Å²) >= 11 is 1.57. The van der Waals surface area contributed by atoms with Crippen molar-refractivity contribution in [3.05, 3.63) is 71.2 Å². The van der Waals surface area contributed by atoms with Gasteiger partial charge in [0.05, 0.1) is 19.0 Å². The molecule has 0 aliphatic rings. The lowest BCUT2D eigenvalue weighted by Gasteiger charge is -2.15. The summed E-state index contributed by atoms with van der Waals surface area (Å²) in [5, 5.41) is 22.3. The molecule has 9 nitrogen and oxygen atoms in total. The highest BCUT2D eigenvalue weighted by Crippen LogP contribution is 2.23. The number of hydrogen-bond acceptors (Lipinski definition) is 7. The largest absolute Gasteiger partial charge is 0.326 e. The minimum Gasteiger partial charge on any atom is -0.326 e. The molecule has 0 radical (unpaired) electrons. The topological polar surface area (TPSA) is 103 Å². The van der Waals surface area contributed by atoms with E-state index in [-0.39, 0.29) is 18.4 Å². The van der Waals surface area contributed by atoms with E-state index in [1.54, 1.807) is 27.0 Å². The van der Waals surface area contributed by atoms with Gasteiger partial charge in [-0.25, -0.2) is 14.3 Å². The first-order valence-electron chi connectivity index (χ1n) is 8.24. The molecule has 1 amide bonds. The van der Waals surface area contributed by atoms with Gasteiger partial charge in [-0.15, -0.1) is 5.10 Å². The molecule has 0 aliphatic carbocycles. The van der Waals surface area contributed by atoms with E-state index in [0.717, 1.165) is 16.8 Å². The number of carbonyl (C=O) groups excluding carboxylic acids is 1. The monoisotopic (exact) mass is 380 g/mol. The van der Waals surface area contributed by atoms with Crippen LogP contribution in [0.4, 0.5) is 5.69 Å². The van der Waals surface area contributed by atoms with E-state index in [2.05, 4.69) is 30.9 Å². The Balaban J connectivity index is 1.41. The molecule has 27 heavy (non-hydrogen) atoms. The van der Waals surface area contributed by atoms with Crippen LogP contribution in [0.25, 0.3) is 0 Å². The number of rotatable bonds is 7. The molecule has 0 saturated carbocycles. The molecule has 0 bridgehead atoms. The first-order chi connectivity index (χ1) is 13.3. The van der Waals surface area contributed by atoms with Gasteiger partial charge in [-0.2, -0.15) is 16.4 Å². The quantitative estimate of drug-likeness (QED) is 0.526. The molecule has 3 heterocycles. The number of thiophene rings is 1. The summed E-state index contributed by atoms with van der Waals surface area (Å²) in [6.07, 6.45) is 4.93. The van der Waals surface area contributed by atoms with Crippen LogP contribution in [-0.2, 0) is 11.3 Å². The van der Waals surface area contributed by atoms with Gasteiger partial charge in [0.2, 0.25) is 5.91 Å². The van der Waals surface area contributed by atoms with Crippen LogP contribution in [0.15, 0.2) is 60.1 Å². The van der Waals surface area contributed by atoms with E-state index in [0.29, 0.717) is 6.54 Å². The molecule has 1 aromatic carbocycles. The maximum Gasteiger partial charge on any atom is 0.226 e. The second-order valence-electron chi connectivity index (χ2n) is 5.90. The van der Waals surface area contributed by atoms with Gasteiger partial charge in [-0.1, -0.05) is 12.1 Å². The SMILES string of the molecule is O=C(C[C@H](c1ccsc1)n1cnnn1)Nc1ccc(Cn2cncn2)cc1. The summed E-state index contributed by atoms with van der Waals surface area (Å²) in [6, 6.07) is 9.40. The van der Waals surface area contributed by atoms with E-state index in [4.69, 9.17) is 0 Å². The molecule has 0 unspecified atom stereocenters. The average molecular weight is 380 g/mol. The third-order valence-corrected chi connectivity index (χ3v) is 4.74. The number of nitrogens with zero attached hydrogens (tertiary/aromatic N) is 7. The van der Waals surface area contributed by atoms with Crippen LogP contribution in [-0.4, -0.2) is 40.9 Å². The van der Waals surface area contributed by atoms with Crippen LogP contribution in [0.3, 0.4) is 0 Å². The van der Waals surface area contributed by atoms with E-state index in [1.165, 1.54) is 12.7 Å². The summed E-state index contributed by atoms with van der Waals surface area (Å²) in [5.74, 6) is -0.106. The zero-order chi connectivity index (χ0) is 18.5. The number of hydrogen-bond donors (Lipinski definition) is 1. The average Bonchev–Trinajstić information content (AvgIpc) is 3.44. The molecular weight excluding hydrogens is 364 g/mol. The second kappa shape index (κ2) is 7.87. The van der Waals surface area contributed by atoms with Crippen molar-refractivity contribution in [2.24, 2.45) is 0 Å². The third kappa shape index (κ3) is 4.23. The smallest absolute Gasteiger partial charge is 0.226 e. The lowest BCUT2D eigenvalue weighted by Crippen LogP contribution is -2.20. The molecule has 136 valence electrons. The summed E-state index contributed by atoms with van der Waals surface area (Å²) in [4.78, 5) is 16.5. The van der Waals surface area contributed by atoms with Gasteiger partial charge >= 0.3 is 0 Å². The van der Waals surface area contributed by atoms with Crippen molar-refractivity contribution in [3.63, 3.8) is 0 Å². The molecule has 0 fully saturated rings. The fourth-order valence-electron chi connectivity index (χ4n) is 2.72. The highest BCUT2D eigenvalue weighted by atomic mass is 32.1. The highest BCUT2D eigenvalue weighted by molar-refractivity contribution is 7.08. The predicted molar refractivity (Wildman–Crippen MR) is 99.1 cm³/mol. The first-order valence-corrected chi connectivity index (χ1v) is 9.18. The van der Waals surface area contributed by atoms with Gasteiger partial charge in [0.1, 0.15) is 19.0 Å². The number of tetrazole rings is 1. The molecule has 4 rings (SSSR count). The van der Waals surface area contributed by atoms with Crippen LogP contribution < -0.4 is 5.32 Å². The summed E-state index contributed by atoms with van der Waals surface area (Å²) < 4.78 is 3.34. The predicted octanol–water partition coefficient (Wildman–Crippen LogP) is 1.99. The number of carbonyl (C=O) groups is 1. The van der Waals surface area contributed by atoms with Crippen molar-refractivity contribution < 1.29 is 4.79 Å². The molecular formula is C17H16N8OS. The Morgan fingerprint density at radius 2 is 2.07 bits per heavy atom. The maximum atomic E-state index is 12.5. The third-order valence-electron chi connectivity index (χ3n) is 4.04. The van der Waals surface area contributed by atoms with Gasteiger partial charge in [0.15, 0.2) is 0 Å². The van der Waals surface area contributed by atoms with Crippen molar-refractivity contribution in [2.75, 3.05) is 5.32 Å². The summed E-state index contributed by atoms with van der Waals surface area (Å²) in [5.41, 5.74) is 2.82. The van der Waals surface area contributed by atoms with E-state index >= 15 is 0 Å². The fourth-order valence-corrected chi connectivity index (χ4v) is 3.43. The Morgan fingerprint density at radius 1 is 1.19 bits per heavy atom. The molecule has 3 aromatic heterocycles. The van der Waals surface area contributed by atoms with Crippen LogP contribution in [0.5, 0.6) is 0 Å². The lowest BCUT2D eigenvalue weighted by atomic mass is 10.1. The molecule has 0 aliphatic heterocycles. The van der Waals surface area contributed by atoms with Crippen molar-refractivity contribution >= 4 is 22.9 Å². The standard InChI is InChI=1S/C17H16N8OS/c26-17(7-16(14-5-6-27-9-14)25-12-19-22-23-25)21-15-3-1-13(2-4-15)8-24-11-18-10-20-24/h1-6,9-12,16H,7-8H2,(H,21,26)/t16-/m1/s1. The normalized spacial score (nSPS) is 12.0. The Kier molecular flexibility index (Phi) is 4.97. The molecule has 0 spiro atoms. The van der Waals surface area contributed by atoms with Crippen LogP contribution >= 0.6 is 11.3 Å². The van der Waals surface area contributed by atoms with Gasteiger partial charge in [-0.3, -0.25) is 4.79 Å². The van der Waals surface area contributed by atoms with Crippen molar-refractivity contribution in [1.82, 2.24) is 35.0 Å². The van der Waals surface area contributed by atoms with Crippen LogP contribution in [0.1, 0.15) is 23.6 Å². The Hall–Kier alpha value is -3.40. The minimum absolute atomic E-state index is 0.106. The van der Waals surface area contributed by atoms with Crippen molar-refractivity contribution in [2.45, 2.75) is 19.0 Å². The number of nitrogens with one attached hydrogen (secondary N) is 1. The molecule has 4 aromatic rings. The second-order valence-corrected chi connectivity index (χ2v) is 6.68. The van der Waals surface area contributed by atoms with Crippen LogP contribution in [0, 0.1) is 0 Å². The number of aromatic nitrogens is 7. The Labute approximate surface area is 158 Å². The highest BCUT2D eigenvalue weighted by Gasteiger charge is 2.19. The number of amides is 1. The first kappa shape index (κ1) is 17.0. The summed E-state index contributed by atoms with van der Waals surface area (Å²) in [6.45, 7) is 0.633. The molecule has 10 heteroatoms. The Bertz CT molecular complexity index is 931. The van der Waals surface area contributed by atoms with E-state index in [9.17, 15) is 4.79 Å². The van der Waals surface area contributed by atoms with E-state index < -0.39 is 0 Å². The minimum atomic E-state index is -0.238. The van der Waals surface area contributed by atoms with E-state index in [1.807, 2.05) is 41.1 Å².